The first kappa shape index (κ1) is 27.2. The maximum absolute atomic E-state index is 13.6. The highest BCUT2D eigenvalue weighted by atomic mass is 19.4. The molecule has 12 heteroatoms. The lowest BCUT2D eigenvalue weighted by Crippen LogP contribution is -2.45. The fraction of sp³-hybridized carbons (Fsp3) is 0.357. The van der Waals surface area contributed by atoms with Gasteiger partial charge in [0.1, 0.15) is 0 Å². The third-order valence-electron chi connectivity index (χ3n) is 7.33. The van der Waals surface area contributed by atoms with Crippen molar-refractivity contribution < 1.29 is 37.1 Å². The summed E-state index contributed by atoms with van der Waals surface area (Å²) in [6, 6.07) is 14.7. The molecule has 2 saturated heterocycles. The average molecular weight is 557 g/mol. The topological polar surface area (TPSA) is 116 Å². The molecular weight excluding hydrogens is 529 g/mol. The number of carbonyl (C=O) groups is 3. The molecule has 5 rings (SSSR count). The number of carboxylic acid groups (broad SMARTS) is 1. The van der Waals surface area contributed by atoms with Crippen LogP contribution in [0.15, 0.2) is 59.0 Å². The fourth-order valence-electron chi connectivity index (χ4n) is 5.14. The Morgan fingerprint density at radius 3 is 2.17 bits per heavy atom. The number of nitrogens with zero attached hydrogens (tertiary/aromatic N) is 3. The van der Waals surface area contributed by atoms with Gasteiger partial charge >= 0.3 is 18.2 Å². The number of amides is 3. The molecule has 2 aromatic carbocycles. The van der Waals surface area contributed by atoms with E-state index in [-0.39, 0.29) is 24.4 Å². The maximum Gasteiger partial charge on any atom is 0.452 e. The van der Waals surface area contributed by atoms with Gasteiger partial charge in [-0.3, -0.25) is 9.59 Å². The number of hydrogen-bond donors (Lipinski definition) is 2. The van der Waals surface area contributed by atoms with Crippen LogP contribution in [0.2, 0.25) is 0 Å². The van der Waals surface area contributed by atoms with Crippen LogP contribution in [0.25, 0.3) is 11.5 Å². The molecule has 2 N–H and O–H groups in total. The van der Waals surface area contributed by atoms with E-state index in [1.54, 1.807) is 52.3 Å². The van der Waals surface area contributed by atoms with Gasteiger partial charge in [-0.2, -0.15) is 13.2 Å². The second-order valence-corrected chi connectivity index (χ2v) is 9.95. The van der Waals surface area contributed by atoms with E-state index in [1.807, 2.05) is 0 Å². The van der Waals surface area contributed by atoms with Crippen molar-refractivity contribution in [3.63, 3.8) is 0 Å². The molecule has 3 heterocycles. The minimum atomic E-state index is -4.90. The molecule has 210 valence electrons. The molecule has 2 fully saturated rings. The van der Waals surface area contributed by atoms with Crippen molar-refractivity contribution in [2.45, 2.75) is 31.4 Å². The molecule has 9 nitrogen and oxygen atoms in total. The van der Waals surface area contributed by atoms with E-state index < -0.39 is 35.4 Å². The fourth-order valence-corrected chi connectivity index (χ4v) is 5.14. The van der Waals surface area contributed by atoms with Crippen molar-refractivity contribution in [3.8, 4) is 11.5 Å². The largest absolute Gasteiger partial charge is 0.481 e. The number of aromatic nitrogens is 1. The SMILES string of the molecule is O=C(Nc1ccc(C2CCN(C(=O)N3CCC(C(=O)O)C3)CC2)cc1)c1nc(-c2ccccc2)oc1C(F)(F)F. The number of piperidine rings is 1. The lowest BCUT2D eigenvalue weighted by molar-refractivity contribution is -0.153. The number of aliphatic carboxylic acids is 1. The van der Waals surface area contributed by atoms with E-state index in [2.05, 4.69) is 10.3 Å². The minimum Gasteiger partial charge on any atom is -0.481 e. The Bertz CT molecular complexity index is 1380. The molecule has 3 amide bonds. The number of carbonyl (C=O) groups excluding carboxylic acids is 2. The third kappa shape index (κ3) is 5.80. The van der Waals surface area contributed by atoms with Crippen LogP contribution >= 0.6 is 0 Å². The molecule has 0 saturated carbocycles. The summed E-state index contributed by atoms with van der Waals surface area (Å²) in [6.07, 6.45) is -3.02. The van der Waals surface area contributed by atoms with Crippen LogP contribution in [-0.4, -0.2) is 64.0 Å². The van der Waals surface area contributed by atoms with Crippen molar-refractivity contribution >= 4 is 23.6 Å². The van der Waals surface area contributed by atoms with E-state index in [0.717, 1.165) is 5.56 Å². The first-order valence-electron chi connectivity index (χ1n) is 12.9. The molecule has 1 unspecified atom stereocenters. The van der Waals surface area contributed by atoms with Gasteiger partial charge in [0.05, 0.1) is 5.92 Å². The second kappa shape index (κ2) is 11.0. The molecule has 3 aromatic rings. The maximum atomic E-state index is 13.6. The number of carboxylic acids is 1. The molecule has 1 aromatic heterocycles. The Morgan fingerprint density at radius 1 is 0.925 bits per heavy atom. The molecule has 2 aliphatic rings. The minimum absolute atomic E-state index is 0.137. The van der Waals surface area contributed by atoms with Crippen LogP contribution in [0, 0.1) is 5.92 Å². The number of benzene rings is 2. The molecule has 40 heavy (non-hydrogen) atoms. The van der Waals surface area contributed by atoms with Crippen molar-refractivity contribution in [2.24, 2.45) is 5.92 Å². The molecule has 0 bridgehead atoms. The van der Waals surface area contributed by atoms with Crippen LogP contribution in [0.1, 0.15) is 47.0 Å². The van der Waals surface area contributed by atoms with E-state index >= 15 is 0 Å². The summed E-state index contributed by atoms with van der Waals surface area (Å²) in [5.41, 5.74) is 0.760. The van der Waals surface area contributed by atoms with Gasteiger partial charge in [0.15, 0.2) is 5.69 Å². The molecule has 0 aliphatic carbocycles. The van der Waals surface area contributed by atoms with E-state index in [0.29, 0.717) is 50.1 Å². The number of likely N-dealkylation sites (tertiary alicyclic amines) is 2. The Labute approximate surface area is 227 Å². The zero-order valence-corrected chi connectivity index (χ0v) is 21.4. The quantitative estimate of drug-likeness (QED) is 0.440. The Morgan fingerprint density at radius 2 is 1.57 bits per heavy atom. The number of rotatable bonds is 5. The van der Waals surface area contributed by atoms with Gasteiger partial charge in [0, 0.05) is 37.4 Å². The summed E-state index contributed by atoms with van der Waals surface area (Å²) < 4.78 is 45.7. The predicted octanol–water partition coefficient (Wildman–Crippen LogP) is 5.32. The summed E-state index contributed by atoms with van der Waals surface area (Å²) in [7, 11) is 0. The second-order valence-electron chi connectivity index (χ2n) is 9.95. The van der Waals surface area contributed by atoms with Crippen LogP contribution in [0.3, 0.4) is 0 Å². The van der Waals surface area contributed by atoms with Crippen LogP contribution in [-0.2, 0) is 11.0 Å². The van der Waals surface area contributed by atoms with Crippen LogP contribution in [0.4, 0.5) is 23.7 Å². The highest BCUT2D eigenvalue weighted by Crippen LogP contribution is 2.36. The molecule has 0 spiro atoms. The van der Waals surface area contributed by atoms with Crippen LogP contribution < -0.4 is 5.32 Å². The van der Waals surface area contributed by atoms with Gasteiger partial charge in [-0.25, -0.2) is 9.78 Å². The molecule has 0 radical (unpaired) electrons. The van der Waals surface area contributed by atoms with Gasteiger partial charge in [-0.1, -0.05) is 30.3 Å². The lowest BCUT2D eigenvalue weighted by atomic mass is 9.89. The van der Waals surface area contributed by atoms with E-state index in [1.165, 1.54) is 12.1 Å². The monoisotopic (exact) mass is 556 g/mol. The Balaban J connectivity index is 1.20. The average Bonchev–Trinajstić information content (AvgIpc) is 3.63. The van der Waals surface area contributed by atoms with Crippen molar-refractivity contribution in [1.29, 1.82) is 0 Å². The molecule has 2 aliphatic heterocycles. The highest BCUT2D eigenvalue weighted by molar-refractivity contribution is 6.04. The molecular formula is C28H27F3N4O5. The van der Waals surface area contributed by atoms with E-state index in [9.17, 15) is 32.7 Å². The predicted molar refractivity (Wildman–Crippen MR) is 138 cm³/mol. The summed E-state index contributed by atoms with van der Waals surface area (Å²) in [4.78, 5) is 43.9. The smallest absolute Gasteiger partial charge is 0.452 e. The third-order valence-corrected chi connectivity index (χ3v) is 7.33. The number of nitrogens with one attached hydrogen (secondary N) is 1. The first-order chi connectivity index (χ1) is 19.1. The summed E-state index contributed by atoms with van der Waals surface area (Å²) in [5.74, 6) is -4.04. The number of urea groups is 1. The Hall–Kier alpha value is -4.35. The van der Waals surface area contributed by atoms with Gasteiger partial charge in [0.2, 0.25) is 11.7 Å². The van der Waals surface area contributed by atoms with Crippen molar-refractivity contribution in [3.05, 3.63) is 71.6 Å². The van der Waals surface area contributed by atoms with Gasteiger partial charge < -0.3 is 24.6 Å². The lowest BCUT2D eigenvalue weighted by Gasteiger charge is -2.34. The zero-order valence-electron chi connectivity index (χ0n) is 21.4. The Kier molecular flexibility index (Phi) is 7.51. The highest BCUT2D eigenvalue weighted by Gasteiger charge is 2.42. The summed E-state index contributed by atoms with van der Waals surface area (Å²) in [5, 5.41) is 11.6. The van der Waals surface area contributed by atoms with Gasteiger partial charge in [-0.05, 0) is 55.0 Å². The van der Waals surface area contributed by atoms with Gasteiger partial charge in [0.25, 0.3) is 5.91 Å². The number of hydrogen-bond acceptors (Lipinski definition) is 5. The van der Waals surface area contributed by atoms with Crippen molar-refractivity contribution in [2.75, 3.05) is 31.5 Å². The molecule has 1 atom stereocenters. The van der Waals surface area contributed by atoms with Crippen LogP contribution in [0.5, 0.6) is 0 Å². The number of halogens is 3. The summed E-state index contributed by atoms with van der Waals surface area (Å²) in [6.45, 7) is 1.74. The summed E-state index contributed by atoms with van der Waals surface area (Å²) >= 11 is 0. The zero-order chi connectivity index (χ0) is 28.4. The first-order valence-corrected chi connectivity index (χ1v) is 12.9. The van der Waals surface area contributed by atoms with Gasteiger partial charge in [-0.15, -0.1) is 0 Å². The standard InChI is InChI=1S/C28H27F3N4O5/c29-28(30,31)23-22(33-25(40-23)19-4-2-1-3-5-19)24(36)32-21-8-6-17(7-9-21)18-10-13-34(14-11-18)27(39)35-15-12-20(16-35)26(37)38/h1-9,18,20H,10-16H2,(H,32,36)(H,37,38). The van der Waals surface area contributed by atoms with E-state index in [4.69, 9.17) is 4.42 Å². The number of oxazole rings is 1. The van der Waals surface area contributed by atoms with Crippen molar-refractivity contribution in [1.82, 2.24) is 14.8 Å². The normalized spacial score (nSPS) is 18.1. The number of anilines is 1. The number of alkyl halides is 3.